The summed E-state index contributed by atoms with van der Waals surface area (Å²) in [4.78, 5) is 3.97. The third-order valence-electron chi connectivity index (χ3n) is 1.48. The molecule has 0 N–H and O–H groups in total. The van der Waals surface area contributed by atoms with E-state index in [1.165, 1.54) is 0 Å². The molecule has 0 unspecified atom stereocenters. The van der Waals surface area contributed by atoms with Gasteiger partial charge < -0.3 is 0 Å². The fraction of sp³-hybridized carbons (Fsp3) is 0.125. The number of benzene rings is 1. The number of aromatic nitrogens is 1. The van der Waals surface area contributed by atoms with E-state index < -0.39 is 6.36 Å². The van der Waals surface area contributed by atoms with Gasteiger partial charge in [0.1, 0.15) is 0 Å². The minimum atomic E-state index is -4.64. The van der Waals surface area contributed by atoms with Gasteiger partial charge in [-0.05, 0) is 12.1 Å². The molecule has 2 nitrogen and oxygen atoms in total. The summed E-state index contributed by atoms with van der Waals surface area (Å²) < 4.78 is 39.9. The van der Waals surface area contributed by atoms with Crippen molar-refractivity contribution >= 4 is 33.6 Å². The highest BCUT2D eigenvalue weighted by molar-refractivity contribution is 7.96. The molecule has 1 aromatic heterocycles. The second kappa shape index (κ2) is 3.99. The van der Waals surface area contributed by atoms with Crippen molar-refractivity contribution in [2.24, 2.45) is 0 Å². The third kappa shape index (κ3) is 2.83. The summed E-state index contributed by atoms with van der Waals surface area (Å²) >= 11 is 1.40. The molecule has 0 saturated carbocycles. The first-order chi connectivity index (χ1) is 7.04. The summed E-state index contributed by atoms with van der Waals surface area (Å²) in [5, 5.41) is 0. The van der Waals surface area contributed by atoms with Gasteiger partial charge in [-0.25, -0.2) is 9.17 Å². The van der Waals surface area contributed by atoms with Crippen molar-refractivity contribution in [3.63, 3.8) is 0 Å². The molecule has 2 rings (SSSR count). The predicted octanol–water partition coefficient (Wildman–Crippen LogP) is 3.84. The average molecular weight is 251 g/mol. The van der Waals surface area contributed by atoms with Gasteiger partial charge >= 0.3 is 6.36 Å². The Bertz CT molecular complexity index is 435. The van der Waals surface area contributed by atoms with Gasteiger partial charge in [0, 0.05) is 0 Å². The highest BCUT2D eigenvalue weighted by Gasteiger charge is 2.31. The van der Waals surface area contributed by atoms with Crippen LogP contribution in [0.25, 0.3) is 10.2 Å². The summed E-state index contributed by atoms with van der Waals surface area (Å²) in [5.41, 5.74) is 0.677. The highest BCUT2D eigenvalue weighted by atomic mass is 32.2. The lowest BCUT2D eigenvalue weighted by molar-refractivity contribution is -0.266. The Kier molecular flexibility index (Phi) is 2.85. The standard InChI is InChI=1S/C8H4F3NOS2/c9-8(10,11)13-15-7-12-5-3-1-2-4-6(5)14-7/h1-4H. The van der Waals surface area contributed by atoms with Crippen LogP contribution in [0.4, 0.5) is 13.2 Å². The molecule has 0 atom stereocenters. The summed E-state index contributed by atoms with van der Waals surface area (Å²) in [7, 11) is 0. The van der Waals surface area contributed by atoms with E-state index in [0.717, 1.165) is 16.0 Å². The van der Waals surface area contributed by atoms with Gasteiger partial charge in [-0.15, -0.1) is 24.5 Å². The number of alkyl halides is 3. The smallest absolute Gasteiger partial charge is 0.227 e. The SMILES string of the molecule is FC(F)(F)OSc1nc2ccccc2s1. The van der Waals surface area contributed by atoms with Gasteiger partial charge in [-0.3, -0.25) is 0 Å². The molecule has 80 valence electrons. The molecular formula is C8H4F3NOS2. The maximum Gasteiger partial charge on any atom is 0.534 e. The maximum absolute atomic E-state index is 11.7. The molecule has 1 heterocycles. The van der Waals surface area contributed by atoms with E-state index in [0.29, 0.717) is 5.52 Å². The lowest BCUT2D eigenvalue weighted by Gasteiger charge is -2.01. The molecule has 0 radical (unpaired) electrons. The van der Waals surface area contributed by atoms with Crippen LogP contribution in [0.3, 0.4) is 0 Å². The zero-order valence-corrected chi connectivity index (χ0v) is 8.75. The summed E-state index contributed by atoms with van der Waals surface area (Å²) in [5.74, 6) is 0. The lowest BCUT2D eigenvalue weighted by atomic mass is 10.3. The molecule has 0 aliphatic carbocycles. The number of hydrogen-bond acceptors (Lipinski definition) is 4. The fourth-order valence-electron chi connectivity index (χ4n) is 0.970. The summed E-state index contributed by atoms with van der Waals surface area (Å²) in [6, 6.07) is 7.12. The maximum atomic E-state index is 11.7. The van der Waals surface area contributed by atoms with E-state index in [4.69, 9.17) is 0 Å². The van der Waals surface area contributed by atoms with Crippen molar-refractivity contribution in [1.82, 2.24) is 4.98 Å². The van der Waals surface area contributed by atoms with Gasteiger partial charge in [0.25, 0.3) is 0 Å². The number of fused-ring (bicyclic) bond motifs is 1. The van der Waals surface area contributed by atoms with Crippen LogP contribution < -0.4 is 0 Å². The molecule has 15 heavy (non-hydrogen) atoms. The molecule has 0 saturated heterocycles. The zero-order valence-electron chi connectivity index (χ0n) is 7.12. The van der Waals surface area contributed by atoms with Crippen LogP contribution in [0.15, 0.2) is 28.6 Å². The Morgan fingerprint density at radius 2 is 2.00 bits per heavy atom. The van der Waals surface area contributed by atoms with E-state index in [-0.39, 0.29) is 16.4 Å². The van der Waals surface area contributed by atoms with Crippen molar-refractivity contribution in [3.8, 4) is 0 Å². The summed E-state index contributed by atoms with van der Waals surface area (Å²) in [6.07, 6.45) is -4.64. The largest absolute Gasteiger partial charge is 0.534 e. The van der Waals surface area contributed by atoms with Gasteiger partial charge in [-0.1, -0.05) is 12.1 Å². The lowest BCUT2D eigenvalue weighted by Crippen LogP contribution is -2.07. The van der Waals surface area contributed by atoms with E-state index in [1.807, 2.05) is 0 Å². The zero-order chi connectivity index (χ0) is 10.9. The minimum absolute atomic E-state index is 0.236. The Labute approximate surface area is 91.3 Å². The van der Waals surface area contributed by atoms with Crippen LogP contribution in [0.2, 0.25) is 0 Å². The molecular weight excluding hydrogens is 247 g/mol. The first-order valence-electron chi connectivity index (χ1n) is 3.82. The van der Waals surface area contributed by atoms with Crippen LogP contribution in [0, 0.1) is 0 Å². The first kappa shape index (κ1) is 10.7. The summed E-state index contributed by atoms with van der Waals surface area (Å²) in [6.45, 7) is 0. The van der Waals surface area contributed by atoms with Crippen LogP contribution in [-0.2, 0) is 4.18 Å². The molecule has 7 heteroatoms. The van der Waals surface area contributed by atoms with Crippen molar-refractivity contribution < 1.29 is 17.4 Å². The van der Waals surface area contributed by atoms with Crippen molar-refractivity contribution in [2.75, 3.05) is 0 Å². The second-order valence-corrected chi connectivity index (χ2v) is 4.57. The van der Waals surface area contributed by atoms with Crippen LogP contribution in [0.1, 0.15) is 0 Å². The van der Waals surface area contributed by atoms with Gasteiger partial charge in [0.15, 0.2) is 4.34 Å². The molecule has 2 aromatic rings. The molecule has 0 aliphatic rings. The quantitative estimate of drug-likeness (QED) is 0.757. The predicted molar refractivity (Wildman–Crippen MR) is 52.6 cm³/mol. The number of rotatable bonds is 2. The molecule has 0 spiro atoms. The molecule has 0 bridgehead atoms. The van der Waals surface area contributed by atoms with Gasteiger partial charge in [0.05, 0.1) is 22.3 Å². The van der Waals surface area contributed by atoms with E-state index >= 15 is 0 Å². The molecule has 0 fully saturated rings. The normalized spacial score (nSPS) is 12.2. The van der Waals surface area contributed by atoms with Crippen LogP contribution in [-0.4, -0.2) is 11.3 Å². The Hall–Kier alpha value is -0.790. The fourth-order valence-corrected chi connectivity index (χ4v) is 2.48. The van der Waals surface area contributed by atoms with Gasteiger partial charge in [-0.2, -0.15) is 0 Å². The topological polar surface area (TPSA) is 22.1 Å². The van der Waals surface area contributed by atoms with E-state index in [2.05, 4.69) is 9.17 Å². The Morgan fingerprint density at radius 3 is 2.67 bits per heavy atom. The molecule has 0 aliphatic heterocycles. The number of halogens is 3. The Morgan fingerprint density at radius 1 is 1.27 bits per heavy atom. The van der Waals surface area contributed by atoms with Crippen LogP contribution in [0.5, 0.6) is 0 Å². The molecule has 1 aromatic carbocycles. The van der Waals surface area contributed by atoms with E-state index in [9.17, 15) is 13.2 Å². The molecule has 0 amide bonds. The monoisotopic (exact) mass is 251 g/mol. The first-order valence-corrected chi connectivity index (χ1v) is 5.38. The third-order valence-corrected chi connectivity index (χ3v) is 3.27. The number of nitrogens with zero attached hydrogens (tertiary/aromatic N) is 1. The minimum Gasteiger partial charge on any atom is -0.227 e. The average Bonchev–Trinajstić information content (AvgIpc) is 2.56. The number of thiazole rings is 1. The van der Waals surface area contributed by atoms with Crippen molar-refractivity contribution in [3.05, 3.63) is 24.3 Å². The van der Waals surface area contributed by atoms with Gasteiger partial charge in [0.2, 0.25) is 0 Å². The number of hydrogen-bond donors (Lipinski definition) is 0. The van der Waals surface area contributed by atoms with Crippen molar-refractivity contribution in [1.29, 1.82) is 0 Å². The highest BCUT2D eigenvalue weighted by Crippen LogP contribution is 2.34. The van der Waals surface area contributed by atoms with Crippen molar-refractivity contribution in [2.45, 2.75) is 10.7 Å². The second-order valence-electron chi connectivity index (χ2n) is 2.56. The van der Waals surface area contributed by atoms with Crippen LogP contribution >= 0.6 is 23.4 Å². The number of para-hydroxylation sites is 1. The van der Waals surface area contributed by atoms with E-state index in [1.54, 1.807) is 24.3 Å². The Balaban J connectivity index is 2.16.